The molecule has 0 unspecified atom stereocenters. The molecule has 30 heavy (non-hydrogen) atoms. The van der Waals surface area contributed by atoms with E-state index in [1.165, 1.54) is 0 Å². The number of carbonyl (C=O) groups excluding carboxylic acids is 2. The second-order valence-corrected chi connectivity index (χ2v) is 7.66. The molecule has 0 atom stereocenters. The minimum Gasteiger partial charge on any atom is -0.425 e. The third kappa shape index (κ3) is 4.93. The smallest absolute Gasteiger partial charge is 0.311 e. The zero-order valence-corrected chi connectivity index (χ0v) is 18.3. The fraction of sp³-hybridized carbons (Fsp3) is 0.360. The van der Waals surface area contributed by atoms with Crippen molar-refractivity contribution < 1.29 is 19.1 Å². The van der Waals surface area contributed by atoms with Crippen LogP contribution in [0.5, 0.6) is 11.5 Å². The number of hydrogen-bond donors (Lipinski definition) is 0. The highest BCUT2D eigenvalue weighted by Gasteiger charge is 2.20. The maximum Gasteiger partial charge on any atom is 0.311 e. The van der Waals surface area contributed by atoms with E-state index in [-0.39, 0.29) is 18.4 Å². The van der Waals surface area contributed by atoms with Gasteiger partial charge in [0.1, 0.15) is 11.5 Å². The lowest BCUT2D eigenvalue weighted by molar-refractivity contribution is -0.135. The van der Waals surface area contributed by atoms with E-state index in [1.807, 2.05) is 49.4 Å². The number of halogens is 1. The number of fused-ring (bicyclic) bond motifs is 2. The Kier molecular flexibility index (Phi) is 7.69. The molecular formula is C25H27ClO4. The maximum atomic E-state index is 12.4. The number of benzene rings is 3. The third-order valence-electron chi connectivity index (χ3n) is 5.08. The van der Waals surface area contributed by atoms with Crippen molar-refractivity contribution in [1.29, 1.82) is 0 Å². The van der Waals surface area contributed by atoms with Crippen LogP contribution in [-0.2, 0) is 16.0 Å². The van der Waals surface area contributed by atoms with Gasteiger partial charge >= 0.3 is 11.9 Å². The van der Waals surface area contributed by atoms with Crippen LogP contribution in [0.15, 0.2) is 42.5 Å². The number of hydrogen-bond acceptors (Lipinski definition) is 4. The van der Waals surface area contributed by atoms with Crippen LogP contribution in [-0.4, -0.2) is 17.8 Å². The molecular weight excluding hydrogens is 400 g/mol. The Labute approximate surface area is 182 Å². The summed E-state index contributed by atoms with van der Waals surface area (Å²) >= 11 is 5.73. The molecule has 0 saturated carbocycles. The number of esters is 2. The van der Waals surface area contributed by atoms with Crippen molar-refractivity contribution in [3.05, 3.63) is 48.0 Å². The van der Waals surface area contributed by atoms with E-state index < -0.39 is 0 Å². The normalized spacial score (nSPS) is 11.0. The quantitative estimate of drug-likeness (QED) is 0.168. The summed E-state index contributed by atoms with van der Waals surface area (Å²) in [5, 5.41) is 3.02. The molecule has 0 spiro atoms. The van der Waals surface area contributed by atoms with Gasteiger partial charge in [0.15, 0.2) is 0 Å². The van der Waals surface area contributed by atoms with Crippen LogP contribution in [0.25, 0.3) is 21.5 Å². The number of rotatable bonds is 9. The van der Waals surface area contributed by atoms with Gasteiger partial charge in [0.25, 0.3) is 0 Å². The van der Waals surface area contributed by atoms with Crippen molar-refractivity contribution in [2.75, 3.05) is 5.88 Å². The molecule has 0 saturated heterocycles. The molecule has 0 radical (unpaired) electrons. The van der Waals surface area contributed by atoms with Crippen LogP contribution in [0.1, 0.15) is 51.5 Å². The lowest BCUT2D eigenvalue weighted by Gasteiger charge is -2.17. The predicted octanol–water partition coefficient (Wildman–Crippen LogP) is 6.58. The molecule has 158 valence electrons. The molecule has 3 rings (SSSR count). The SMILES string of the molecule is CCCCC(=O)Oc1c2ccccc2c(OC(=O)CCCCl)c2cc(CC)ccc12. The van der Waals surface area contributed by atoms with Crippen molar-refractivity contribution in [3.63, 3.8) is 0 Å². The molecule has 0 N–H and O–H groups in total. The molecule has 0 aliphatic heterocycles. The van der Waals surface area contributed by atoms with Crippen LogP contribution in [0.4, 0.5) is 0 Å². The van der Waals surface area contributed by atoms with Gasteiger partial charge in [-0.05, 0) is 30.9 Å². The van der Waals surface area contributed by atoms with E-state index >= 15 is 0 Å². The lowest BCUT2D eigenvalue weighted by Crippen LogP contribution is -2.11. The summed E-state index contributed by atoms with van der Waals surface area (Å²) in [5.41, 5.74) is 1.11. The third-order valence-corrected chi connectivity index (χ3v) is 5.35. The molecule has 0 bridgehead atoms. The fourth-order valence-electron chi connectivity index (χ4n) is 3.45. The molecule has 0 amide bonds. The Morgan fingerprint density at radius 2 is 1.37 bits per heavy atom. The predicted molar refractivity (Wildman–Crippen MR) is 122 cm³/mol. The molecule has 5 heteroatoms. The van der Waals surface area contributed by atoms with Gasteiger partial charge in [0, 0.05) is 40.3 Å². The van der Waals surface area contributed by atoms with Crippen LogP contribution in [0.2, 0.25) is 0 Å². The zero-order valence-electron chi connectivity index (χ0n) is 17.5. The lowest BCUT2D eigenvalue weighted by atomic mass is 9.98. The number of ether oxygens (including phenoxy) is 2. The summed E-state index contributed by atoms with van der Waals surface area (Å²) in [4.78, 5) is 24.9. The van der Waals surface area contributed by atoms with Gasteiger partial charge in [-0.2, -0.15) is 0 Å². The summed E-state index contributed by atoms with van der Waals surface area (Å²) in [6.45, 7) is 4.11. The average molecular weight is 427 g/mol. The Morgan fingerprint density at radius 3 is 1.93 bits per heavy atom. The Morgan fingerprint density at radius 1 is 0.800 bits per heavy atom. The summed E-state index contributed by atoms with van der Waals surface area (Å²) in [6, 6.07) is 13.5. The number of unbranched alkanes of at least 4 members (excludes halogenated alkanes) is 1. The maximum absolute atomic E-state index is 12.4. The van der Waals surface area contributed by atoms with Gasteiger partial charge in [-0.15, -0.1) is 11.6 Å². The molecule has 0 heterocycles. The van der Waals surface area contributed by atoms with E-state index in [9.17, 15) is 9.59 Å². The molecule has 3 aromatic carbocycles. The van der Waals surface area contributed by atoms with E-state index in [0.717, 1.165) is 46.4 Å². The Bertz CT molecular complexity index is 1060. The fourth-order valence-corrected chi connectivity index (χ4v) is 3.58. The molecule has 0 aromatic heterocycles. The first-order valence-electron chi connectivity index (χ1n) is 10.5. The van der Waals surface area contributed by atoms with Gasteiger partial charge in [0.2, 0.25) is 0 Å². The van der Waals surface area contributed by atoms with Crippen LogP contribution in [0, 0.1) is 0 Å². The Hall–Kier alpha value is -2.59. The van der Waals surface area contributed by atoms with Gasteiger partial charge < -0.3 is 9.47 Å². The van der Waals surface area contributed by atoms with Crippen molar-refractivity contribution >= 4 is 45.1 Å². The summed E-state index contributed by atoms with van der Waals surface area (Å²) in [5.74, 6) is 0.851. The monoisotopic (exact) mass is 426 g/mol. The number of alkyl halides is 1. The average Bonchev–Trinajstić information content (AvgIpc) is 2.77. The zero-order chi connectivity index (χ0) is 21.5. The van der Waals surface area contributed by atoms with Crippen molar-refractivity contribution in [2.24, 2.45) is 0 Å². The topological polar surface area (TPSA) is 52.6 Å². The van der Waals surface area contributed by atoms with Crippen LogP contribution in [0.3, 0.4) is 0 Å². The molecule has 3 aromatic rings. The largest absolute Gasteiger partial charge is 0.425 e. The van der Waals surface area contributed by atoms with Crippen molar-refractivity contribution in [2.45, 2.75) is 52.4 Å². The highest BCUT2D eigenvalue weighted by molar-refractivity contribution is 6.18. The van der Waals surface area contributed by atoms with Gasteiger partial charge in [0.05, 0.1) is 0 Å². The highest BCUT2D eigenvalue weighted by atomic mass is 35.5. The van der Waals surface area contributed by atoms with Gasteiger partial charge in [-0.1, -0.05) is 56.7 Å². The molecule has 0 aliphatic rings. The van der Waals surface area contributed by atoms with E-state index in [2.05, 4.69) is 6.92 Å². The first kappa shape index (κ1) is 22.1. The van der Waals surface area contributed by atoms with Gasteiger partial charge in [-0.3, -0.25) is 9.59 Å². The number of aryl methyl sites for hydroxylation is 1. The van der Waals surface area contributed by atoms with Crippen LogP contribution < -0.4 is 9.47 Å². The standard InChI is InChI=1S/C25H27ClO4/c1-3-5-11-22(27)29-24-18-9-6-7-10-19(18)25(30-23(28)12-8-15-26)21-16-17(4-2)13-14-20(21)24/h6-7,9-10,13-14,16H,3-5,8,11-12,15H2,1-2H3. The van der Waals surface area contributed by atoms with Crippen molar-refractivity contribution in [3.8, 4) is 11.5 Å². The first-order valence-corrected chi connectivity index (χ1v) is 11.1. The molecule has 0 fully saturated rings. The second-order valence-electron chi connectivity index (χ2n) is 7.28. The summed E-state index contributed by atoms with van der Waals surface area (Å²) < 4.78 is 11.7. The summed E-state index contributed by atoms with van der Waals surface area (Å²) in [6.07, 6.45) is 3.73. The van der Waals surface area contributed by atoms with E-state index in [0.29, 0.717) is 30.2 Å². The van der Waals surface area contributed by atoms with E-state index in [1.54, 1.807) is 0 Å². The van der Waals surface area contributed by atoms with Gasteiger partial charge in [-0.25, -0.2) is 0 Å². The minimum atomic E-state index is -0.323. The van der Waals surface area contributed by atoms with E-state index in [4.69, 9.17) is 21.1 Å². The minimum absolute atomic E-state index is 0.251. The van der Waals surface area contributed by atoms with Crippen LogP contribution >= 0.6 is 11.6 Å². The first-order chi connectivity index (χ1) is 14.6. The molecule has 4 nitrogen and oxygen atoms in total. The Balaban J connectivity index is 2.20. The van der Waals surface area contributed by atoms with Crippen molar-refractivity contribution in [1.82, 2.24) is 0 Å². The summed E-state index contributed by atoms with van der Waals surface area (Å²) in [7, 11) is 0. The number of carbonyl (C=O) groups is 2. The highest BCUT2D eigenvalue weighted by Crippen LogP contribution is 2.43. The second kappa shape index (κ2) is 10.4. The molecule has 0 aliphatic carbocycles.